The van der Waals surface area contributed by atoms with Gasteiger partial charge in [0.2, 0.25) is 0 Å². The molecule has 0 heterocycles. The number of halogens is 1. The van der Waals surface area contributed by atoms with Crippen molar-refractivity contribution in [1.29, 1.82) is 0 Å². The second kappa shape index (κ2) is 8.50. The Morgan fingerprint density at radius 2 is 1.69 bits per heavy atom. The van der Waals surface area contributed by atoms with Crippen LogP contribution < -0.4 is 4.74 Å². The lowest BCUT2D eigenvalue weighted by atomic mass is 10.1. The van der Waals surface area contributed by atoms with Gasteiger partial charge in [-0.3, -0.25) is 4.99 Å². The highest BCUT2D eigenvalue weighted by molar-refractivity contribution is 6.30. The number of nitrogens with zero attached hydrogens (tertiary/aromatic N) is 1. The molecule has 0 amide bonds. The fraction of sp³-hybridized carbons (Fsp3) is 0.115. The van der Waals surface area contributed by atoms with E-state index in [9.17, 15) is 0 Å². The molecule has 0 unspecified atom stereocenters. The Kier molecular flexibility index (Phi) is 5.64. The van der Waals surface area contributed by atoms with Gasteiger partial charge in [0.1, 0.15) is 12.4 Å². The average molecular weight is 400 g/mol. The van der Waals surface area contributed by atoms with Crippen LogP contribution in [0.25, 0.3) is 10.8 Å². The highest BCUT2D eigenvalue weighted by atomic mass is 35.5. The normalized spacial score (nSPS) is 11.3. The van der Waals surface area contributed by atoms with E-state index >= 15 is 0 Å². The lowest BCUT2D eigenvalue weighted by Crippen LogP contribution is -1.99. The molecule has 29 heavy (non-hydrogen) atoms. The Bertz CT molecular complexity index is 1190. The number of aryl methyl sites for hydroxylation is 1. The maximum Gasteiger partial charge on any atom is 0.128 e. The summed E-state index contributed by atoms with van der Waals surface area (Å²) in [5.74, 6) is 0.761. The third-order valence-corrected chi connectivity index (χ3v) is 5.39. The molecule has 3 heteroatoms. The van der Waals surface area contributed by atoms with Crippen molar-refractivity contribution in [1.82, 2.24) is 0 Å². The standard InChI is InChI=1S/C26H22ClNO/c1-18-7-5-12-25(19(18)2)28-16-22-15-23(27)13-14-26(22)29-17-21-10-6-9-20-8-3-4-11-24(20)21/h3-16H,17H2,1-2H3. The first kappa shape index (κ1) is 19.2. The van der Waals surface area contributed by atoms with Crippen LogP contribution in [0.2, 0.25) is 5.02 Å². The second-order valence-corrected chi connectivity index (χ2v) is 7.52. The second-order valence-electron chi connectivity index (χ2n) is 7.09. The van der Waals surface area contributed by atoms with Crippen LogP contribution in [0.5, 0.6) is 5.75 Å². The van der Waals surface area contributed by atoms with Crippen LogP contribution in [-0.2, 0) is 6.61 Å². The highest BCUT2D eigenvalue weighted by Crippen LogP contribution is 2.26. The highest BCUT2D eigenvalue weighted by Gasteiger charge is 2.07. The van der Waals surface area contributed by atoms with Crippen molar-refractivity contribution in [3.05, 3.63) is 106 Å². The van der Waals surface area contributed by atoms with Crippen LogP contribution in [-0.4, -0.2) is 6.21 Å². The number of aliphatic imine (C=N–C) groups is 1. The summed E-state index contributed by atoms with van der Waals surface area (Å²) in [6, 6.07) is 26.4. The zero-order valence-electron chi connectivity index (χ0n) is 16.5. The van der Waals surface area contributed by atoms with Crippen molar-refractivity contribution in [3.63, 3.8) is 0 Å². The van der Waals surface area contributed by atoms with E-state index < -0.39 is 0 Å². The van der Waals surface area contributed by atoms with Crippen LogP contribution >= 0.6 is 11.6 Å². The SMILES string of the molecule is Cc1cccc(N=Cc2cc(Cl)ccc2OCc2cccc3ccccc23)c1C. The van der Waals surface area contributed by atoms with E-state index in [1.54, 1.807) is 0 Å². The minimum Gasteiger partial charge on any atom is -0.488 e. The molecule has 0 radical (unpaired) electrons. The summed E-state index contributed by atoms with van der Waals surface area (Å²) >= 11 is 6.23. The molecule has 0 fully saturated rings. The van der Waals surface area contributed by atoms with Crippen LogP contribution in [0.15, 0.2) is 83.9 Å². The zero-order chi connectivity index (χ0) is 20.2. The van der Waals surface area contributed by atoms with Crippen molar-refractivity contribution >= 4 is 34.3 Å². The molecule has 0 aliphatic carbocycles. The average Bonchev–Trinajstić information content (AvgIpc) is 2.74. The molecule has 0 saturated carbocycles. The Morgan fingerprint density at radius 3 is 2.59 bits per heavy atom. The van der Waals surface area contributed by atoms with Gasteiger partial charge < -0.3 is 4.74 Å². The van der Waals surface area contributed by atoms with Gasteiger partial charge in [-0.25, -0.2) is 0 Å². The molecule has 0 bridgehead atoms. The molecule has 0 saturated heterocycles. The summed E-state index contributed by atoms with van der Waals surface area (Å²) < 4.78 is 6.18. The molecule has 4 aromatic carbocycles. The summed E-state index contributed by atoms with van der Waals surface area (Å²) in [7, 11) is 0. The molecule has 0 spiro atoms. The van der Waals surface area contributed by atoms with Gasteiger partial charge in [-0.15, -0.1) is 0 Å². The molecule has 0 atom stereocenters. The topological polar surface area (TPSA) is 21.6 Å². The Labute approximate surface area is 176 Å². The number of rotatable bonds is 5. The number of ether oxygens (including phenoxy) is 1. The first-order chi connectivity index (χ1) is 14.1. The predicted molar refractivity (Wildman–Crippen MR) is 123 cm³/mol. The van der Waals surface area contributed by atoms with Gasteiger partial charge in [0, 0.05) is 16.8 Å². The molecular formula is C26H22ClNO. The van der Waals surface area contributed by atoms with Crippen LogP contribution in [0.3, 0.4) is 0 Å². The molecule has 0 aromatic heterocycles. The molecule has 0 aliphatic rings. The van der Waals surface area contributed by atoms with E-state index in [0.717, 1.165) is 22.6 Å². The minimum atomic E-state index is 0.479. The fourth-order valence-electron chi connectivity index (χ4n) is 3.34. The van der Waals surface area contributed by atoms with E-state index in [0.29, 0.717) is 11.6 Å². The van der Waals surface area contributed by atoms with E-state index in [2.05, 4.69) is 61.3 Å². The molecule has 0 N–H and O–H groups in total. The van der Waals surface area contributed by atoms with Gasteiger partial charge in [0.15, 0.2) is 0 Å². The van der Waals surface area contributed by atoms with Gasteiger partial charge in [0.05, 0.1) is 5.69 Å². The van der Waals surface area contributed by atoms with E-state index in [-0.39, 0.29) is 0 Å². The smallest absolute Gasteiger partial charge is 0.128 e. The third-order valence-electron chi connectivity index (χ3n) is 5.15. The summed E-state index contributed by atoms with van der Waals surface area (Å²) in [4.78, 5) is 4.68. The van der Waals surface area contributed by atoms with E-state index in [4.69, 9.17) is 16.3 Å². The van der Waals surface area contributed by atoms with Gasteiger partial charge in [0.25, 0.3) is 0 Å². The Morgan fingerprint density at radius 1 is 0.897 bits per heavy atom. The first-order valence-electron chi connectivity index (χ1n) is 9.61. The van der Waals surface area contributed by atoms with Gasteiger partial charge >= 0.3 is 0 Å². The van der Waals surface area contributed by atoms with Gasteiger partial charge in [-0.05, 0) is 65.6 Å². The third kappa shape index (κ3) is 4.33. The summed E-state index contributed by atoms with van der Waals surface area (Å²) in [5, 5.41) is 3.07. The van der Waals surface area contributed by atoms with Gasteiger partial charge in [-0.2, -0.15) is 0 Å². The Balaban J connectivity index is 1.61. The molecule has 4 aromatic rings. The zero-order valence-corrected chi connectivity index (χ0v) is 17.3. The van der Waals surface area contributed by atoms with Crippen molar-refractivity contribution in [3.8, 4) is 5.75 Å². The van der Waals surface area contributed by atoms with E-state index in [1.807, 2.05) is 42.6 Å². The van der Waals surface area contributed by atoms with Crippen molar-refractivity contribution < 1.29 is 4.74 Å². The van der Waals surface area contributed by atoms with Gasteiger partial charge in [-0.1, -0.05) is 66.2 Å². The lowest BCUT2D eigenvalue weighted by molar-refractivity contribution is 0.307. The van der Waals surface area contributed by atoms with Crippen LogP contribution in [0.1, 0.15) is 22.3 Å². The first-order valence-corrected chi connectivity index (χ1v) is 9.99. The quantitative estimate of drug-likeness (QED) is 0.319. The minimum absolute atomic E-state index is 0.479. The number of hydrogen-bond acceptors (Lipinski definition) is 2. The molecule has 4 rings (SSSR count). The summed E-state index contributed by atoms with van der Waals surface area (Å²) in [5.41, 5.74) is 5.35. The van der Waals surface area contributed by atoms with Crippen molar-refractivity contribution in [2.45, 2.75) is 20.5 Å². The summed E-state index contributed by atoms with van der Waals surface area (Å²) in [6.45, 7) is 4.65. The monoisotopic (exact) mass is 399 g/mol. The number of hydrogen-bond donors (Lipinski definition) is 0. The predicted octanol–water partition coefficient (Wildman–Crippen LogP) is 7.44. The molecular weight excluding hydrogens is 378 g/mol. The summed E-state index contributed by atoms with van der Waals surface area (Å²) in [6.07, 6.45) is 1.83. The molecule has 2 nitrogen and oxygen atoms in total. The maximum atomic E-state index is 6.23. The van der Waals surface area contributed by atoms with Crippen molar-refractivity contribution in [2.24, 2.45) is 4.99 Å². The largest absolute Gasteiger partial charge is 0.488 e. The Hall–Kier alpha value is -3.10. The van der Waals surface area contributed by atoms with Crippen LogP contribution in [0.4, 0.5) is 5.69 Å². The van der Waals surface area contributed by atoms with Crippen molar-refractivity contribution in [2.75, 3.05) is 0 Å². The van der Waals surface area contributed by atoms with Crippen LogP contribution in [0, 0.1) is 13.8 Å². The fourth-order valence-corrected chi connectivity index (χ4v) is 3.52. The maximum absolute atomic E-state index is 6.23. The lowest BCUT2D eigenvalue weighted by Gasteiger charge is -2.12. The molecule has 0 aliphatic heterocycles. The number of fused-ring (bicyclic) bond motifs is 1. The molecule has 144 valence electrons. The van der Waals surface area contributed by atoms with E-state index in [1.165, 1.54) is 21.9 Å². The number of benzene rings is 4.